The summed E-state index contributed by atoms with van der Waals surface area (Å²) in [5, 5.41) is 17.3. The van der Waals surface area contributed by atoms with Gasteiger partial charge in [0.05, 0.1) is 10.5 Å². The molecule has 106 valence electrons. The molecule has 0 aliphatic carbocycles. The molecule has 1 aromatic carbocycles. The van der Waals surface area contributed by atoms with Gasteiger partial charge in [0.15, 0.2) is 0 Å². The molecule has 0 aliphatic rings. The summed E-state index contributed by atoms with van der Waals surface area (Å²) in [6.45, 7) is 6.45. The Morgan fingerprint density at radius 1 is 1.40 bits per heavy atom. The zero-order valence-electron chi connectivity index (χ0n) is 11.7. The van der Waals surface area contributed by atoms with Gasteiger partial charge >= 0.3 is 0 Å². The number of hydrogen-bond donors (Lipinski definition) is 1. The highest BCUT2D eigenvalue weighted by Gasteiger charge is 2.24. The summed E-state index contributed by atoms with van der Waals surface area (Å²) in [5.74, 6) is 0. The van der Waals surface area contributed by atoms with Crippen molar-refractivity contribution in [3.05, 3.63) is 56.0 Å². The fourth-order valence-electron chi connectivity index (χ4n) is 1.87. The molecule has 0 spiro atoms. The highest BCUT2D eigenvalue weighted by Crippen LogP contribution is 2.25. The molecule has 1 N–H and O–H groups in total. The molecular weight excluding hydrogens is 274 g/mol. The van der Waals surface area contributed by atoms with E-state index in [1.54, 1.807) is 23.5 Å². The SMILES string of the molecule is Cc1csc(C(C)(C)NCc2ccccc2[N+](=O)[O-])n1. The molecular formula is C14H17N3O2S. The zero-order valence-corrected chi connectivity index (χ0v) is 12.5. The van der Waals surface area contributed by atoms with E-state index in [9.17, 15) is 10.1 Å². The Hall–Kier alpha value is -1.79. The third-order valence-corrected chi connectivity index (χ3v) is 4.35. The van der Waals surface area contributed by atoms with Crippen molar-refractivity contribution in [3.8, 4) is 0 Å². The molecule has 20 heavy (non-hydrogen) atoms. The third-order valence-electron chi connectivity index (χ3n) is 3.06. The molecule has 0 fully saturated rings. The molecule has 0 atom stereocenters. The number of aryl methyl sites for hydroxylation is 1. The number of para-hydroxylation sites is 1. The van der Waals surface area contributed by atoms with E-state index < -0.39 is 0 Å². The smallest absolute Gasteiger partial charge is 0.273 e. The van der Waals surface area contributed by atoms with Gasteiger partial charge in [-0.15, -0.1) is 11.3 Å². The molecule has 0 bridgehead atoms. The van der Waals surface area contributed by atoms with E-state index in [0.29, 0.717) is 12.1 Å². The highest BCUT2D eigenvalue weighted by molar-refractivity contribution is 7.09. The maximum atomic E-state index is 11.0. The van der Waals surface area contributed by atoms with Crippen LogP contribution in [0.5, 0.6) is 0 Å². The van der Waals surface area contributed by atoms with Gasteiger partial charge in [0, 0.05) is 29.2 Å². The van der Waals surface area contributed by atoms with Gasteiger partial charge in [0.25, 0.3) is 5.69 Å². The van der Waals surface area contributed by atoms with Crippen LogP contribution >= 0.6 is 11.3 Å². The molecule has 0 saturated heterocycles. The maximum Gasteiger partial charge on any atom is 0.273 e. The minimum absolute atomic E-state index is 0.145. The second kappa shape index (κ2) is 5.68. The Bertz CT molecular complexity index is 622. The summed E-state index contributed by atoms with van der Waals surface area (Å²) in [4.78, 5) is 15.1. The van der Waals surface area contributed by atoms with Crippen molar-refractivity contribution >= 4 is 17.0 Å². The summed E-state index contributed by atoms with van der Waals surface area (Å²) < 4.78 is 0. The van der Waals surface area contributed by atoms with Crippen molar-refractivity contribution in [2.75, 3.05) is 0 Å². The van der Waals surface area contributed by atoms with Crippen LogP contribution in [0, 0.1) is 17.0 Å². The van der Waals surface area contributed by atoms with E-state index in [-0.39, 0.29) is 16.1 Å². The fourth-order valence-corrected chi connectivity index (χ4v) is 2.77. The van der Waals surface area contributed by atoms with Crippen LogP contribution in [-0.2, 0) is 12.1 Å². The summed E-state index contributed by atoms with van der Waals surface area (Å²) in [7, 11) is 0. The predicted molar refractivity (Wildman–Crippen MR) is 79.8 cm³/mol. The molecule has 0 unspecified atom stereocenters. The van der Waals surface area contributed by atoms with Gasteiger partial charge in [-0.25, -0.2) is 4.98 Å². The van der Waals surface area contributed by atoms with Crippen molar-refractivity contribution in [2.24, 2.45) is 0 Å². The van der Waals surface area contributed by atoms with Crippen LogP contribution in [0.3, 0.4) is 0 Å². The number of rotatable bonds is 5. The van der Waals surface area contributed by atoms with Crippen molar-refractivity contribution in [3.63, 3.8) is 0 Å². The van der Waals surface area contributed by atoms with Gasteiger partial charge in [0.1, 0.15) is 5.01 Å². The molecule has 0 amide bonds. The number of hydrogen-bond acceptors (Lipinski definition) is 5. The van der Waals surface area contributed by atoms with Crippen molar-refractivity contribution < 1.29 is 4.92 Å². The third kappa shape index (κ3) is 3.20. The molecule has 0 aliphatic heterocycles. The summed E-state index contributed by atoms with van der Waals surface area (Å²) in [6, 6.07) is 6.79. The van der Waals surface area contributed by atoms with Crippen LogP contribution in [0.4, 0.5) is 5.69 Å². The highest BCUT2D eigenvalue weighted by atomic mass is 32.1. The predicted octanol–water partition coefficient (Wildman–Crippen LogP) is 3.38. The Morgan fingerprint density at radius 2 is 2.10 bits per heavy atom. The Labute approximate surface area is 121 Å². The summed E-state index contributed by atoms with van der Waals surface area (Å²) in [6.07, 6.45) is 0. The largest absolute Gasteiger partial charge is 0.301 e. The first-order valence-corrected chi connectivity index (χ1v) is 7.18. The summed E-state index contributed by atoms with van der Waals surface area (Å²) in [5.41, 5.74) is 1.50. The minimum Gasteiger partial charge on any atom is -0.301 e. The Kier molecular flexibility index (Phi) is 4.15. The lowest BCUT2D eigenvalue weighted by atomic mass is 10.1. The van der Waals surface area contributed by atoms with Crippen LogP contribution < -0.4 is 5.32 Å². The number of thiazole rings is 1. The number of benzene rings is 1. The first-order chi connectivity index (χ1) is 9.40. The average molecular weight is 291 g/mol. The van der Waals surface area contributed by atoms with Crippen LogP contribution in [0.2, 0.25) is 0 Å². The van der Waals surface area contributed by atoms with Gasteiger partial charge in [-0.05, 0) is 20.8 Å². The van der Waals surface area contributed by atoms with E-state index in [1.165, 1.54) is 6.07 Å². The van der Waals surface area contributed by atoms with Crippen LogP contribution in [0.25, 0.3) is 0 Å². The van der Waals surface area contributed by atoms with E-state index in [2.05, 4.69) is 10.3 Å². The standard InChI is InChI=1S/C14H17N3O2S/c1-10-9-20-13(16-10)14(2,3)15-8-11-6-4-5-7-12(11)17(18)19/h4-7,9,15H,8H2,1-3H3. The van der Waals surface area contributed by atoms with Gasteiger partial charge in [0.2, 0.25) is 0 Å². The second-order valence-corrected chi connectivity index (χ2v) is 6.02. The molecule has 0 radical (unpaired) electrons. The molecule has 0 saturated carbocycles. The number of nitro groups is 1. The number of nitrogens with one attached hydrogen (secondary N) is 1. The second-order valence-electron chi connectivity index (χ2n) is 5.16. The molecule has 1 aromatic heterocycles. The molecule has 2 rings (SSSR count). The first kappa shape index (κ1) is 14.6. The topological polar surface area (TPSA) is 68.1 Å². The lowest BCUT2D eigenvalue weighted by Crippen LogP contribution is -2.36. The first-order valence-electron chi connectivity index (χ1n) is 6.30. The maximum absolute atomic E-state index is 11.0. The van der Waals surface area contributed by atoms with Gasteiger partial charge < -0.3 is 5.32 Å². The quantitative estimate of drug-likeness (QED) is 0.677. The lowest BCUT2D eigenvalue weighted by Gasteiger charge is -2.23. The van der Waals surface area contributed by atoms with E-state index in [0.717, 1.165) is 10.7 Å². The van der Waals surface area contributed by atoms with Crippen LogP contribution in [0.1, 0.15) is 30.1 Å². The van der Waals surface area contributed by atoms with Crippen LogP contribution in [-0.4, -0.2) is 9.91 Å². The van der Waals surface area contributed by atoms with E-state index in [1.807, 2.05) is 32.2 Å². The number of nitrogens with zero attached hydrogens (tertiary/aromatic N) is 2. The van der Waals surface area contributed by atoms with Gasteiger partial charge in [-0.1, -0.05) is 18.2 Å². The van der Waals surface area contributed by atoms with E-state index >= 15 is 0 Å². The van der Waals surface area contributed by atoms with Gasteiger partial charge in [-0.2, -0.15) is 0 Å². The Morgan fingerprint density at radius 3 is 2.70 bits per heavy atom. The van der Waals surface area contributed by atoms with Crippen LogP contribution in [0.15, 0.2) is 29.6 Å². The normalized spacial score (nSPS) is 11.6. The molecule has 6 heteroatoms. The van der Waals surface area contributed by atoms with Crippen molar-refractivity contribution in [1.82, 2.24) is 10.3 Å². The number of aromatic nitrogens is 1. The lowest BCUT2D eigenvalue weighted by molar-refractivity contribution is -0.385. The monoisotopic (exact) mass is 291 g/mol. The van der Waals surface area contributed by atoms with E-state index in [4.69, 9.17) is 0 Å². The van der Waals surface area contributed by atoms with Crippen molar-refractivity contribution in [1.29, 1.82) is 0 Å². The van der Waals surface area contributed by atoms with Gasteiger partial charge in [-0.3, -0.25) is 10.1 Å². The van der Waals surface area contributed by atoms with Crippen molar-refractivity contribution in [2.45, 2.75) is 32.9 Å². The summed E-state index contributed by atoms with van der Waals surface area (Å²) >= 11 is 1.59. The number of nitro benzene ring substituents is 1. The average Bonchev–Trinajstić information content (AvgIpc) is 2.84. The zero-order chi connectivity index (χ0) is 14.8. The minimum atomic E-state index is -0.350. The fraction of sp³-hybridized carbons (Fsp3) is 0.357. The molecule has 2 aromatic rings. The molecule has 5 nitrogen and oxygen atoms in total. The molecule has 1 heterocycles. The Balaban J connectivity index is 2.14.